The van der Waals surface area contributed by atoms with E-state index in [1.807, 2.05) is 37.3 Å². The Bertz CT molecular complexity index is 836. The smallest absolute Gasteiger partial charge is 0.251 e. The first-order chi connectivity index (χ1) is 12.3. The number of hydrogen-bond donors (Lipinski definition) is 3. The summed E-state index contributed by atoms with van der Waals surface area (Å²) >= 11 is 0. The number of carbonyl (C=O) groups excluding carboxylic acids is 1. The first-order valence-electron chi connectivity index (χ1n) is 8.50. The number of benzene rings is 2. The van der Waals surface area contributed by atoms with Crippen molar-refractivity contribution in [3.05, 3.63) is 65.7 Å². The van der Waals surface area contributed by atoms with Crippen molar-refractivity contribution in [1.29, 1.82) is 0 Å². The molecule has 0 saturated carbocycles. The zero-order valence-electron chi connectivity index (χ0n) is 15.0. The van der Waals surface area contributed by atoms with E-state index in [2.05, 4.69) is 10.0 Å². The molecule has 1 amide bonds. The van der Waals surface area contributed by atoms with Crippen LogP contribution in [0.25, 0.3) is 0 Å². The zero-order chi connectivity index (χ0) is 19.2. The fourth-order valence-electron chi connectivity index (χ4n) is 2.43. The predicted octanol–water partition coefficient (Wildman–Crippen LogP) is 2.19. The maximum atomic E-state index is 12.6. The highest BCUT2D eigenvalue weighted by Gasteiger charge is 2.19. The Balaban J connectivity index is 2.11. The molecule has 0 aromatic heterocycles. The Labute approximate surface area is 154 Å². The SMILES string of the molecule is CC(N)CCNC(=O)c1cccc(S(=O)(=O)NC(C)c2ccccc2)c1. The van der Waals surface area contributed by atoms with Crippen molar-refractivity contribution in [2.75, 3.05) is 6.54 Å². The Morgan fingerprint density at radius 2 is 1.77 bits per heavy atom. The monoisotopic (exact) mass is 375 g/mol. The van der Waals surface area contributed by atoms with E-state index in [-0.39, 0.29) is 22.9 Å². The van der Waals surface area contributed by atoms with E-state index in [1.165, 1.54) is 12.1 Å². The largest absolute Gasteiger partial charge is 0.352 e. The minimum absolute atomic E-state index is 0.00862. The number of hydrogen-bond acceptors (Lipinski definition) is 4. The van der Waals surface area contributed by atoms with Gasteiger partial charge in [0.05, 0.1) is 4.90 Å². The molecule has 2 unspecified atom stereocenters. The van der Waals surface area contributed by atoms with E-state index in [1.54, 1.807) is 19.1 Å². The first kappa shape index (κ1) is 20.1. The molecule has 0 radical (unpaired) electrons. The summed E-state index contributed by atoms with van der Waals surface area (Å²) in [6, 6.07) is 14.9. The molecule has 0 bridgehead atoms. The molecule has 2 aromatic rings. The molecule has 0 fully saturated rings. The molecule has 140 valence electrons. The maximum Gasteiger partial charge on any atom is 0.251 e. The summed E-state index contributed by atoms with van der Waals surface area (Å²) in [6.07, 6.45) is 0.653. The van der Waals surface area contributed by atoms with E-state index in [0.717, 1.165) is 5.56 Å². The summed E-state index contributed by atoms with van der Waals surface area (Å²) in [6.45, 7) is 4.08. The molecule has 0 aliphatic rings. The van der Waals surface area contributed by atoms with Crippen LogP contribution in [0, 0.1) is 0 Å². The van der Waals surface area contributed by atoms with Gasteiger partial charge in [0.15, 0.2) is 0 Å². The summed E-state index contributed by atoms with van der Waals surface area (Å²) < 4.78 is 27.9. The van der Waals surface area contributed by atoms with Gasteiger partial charge in [0.1, 0.15) is 0 Å². The lowest BCUT2D eigenvalue weighted by atomic mass is 10.1. The van der Waals surface area contributed by atoms with Crippen LogP contribution in [-0.2, 0) is 10.0 Å². The van der Waals surface area contributed by atoms with E-state index in [4.69, 9.17) is 5.73 Å². The summed E-state index contributed by atoms with van der Waals surface area (Å²) in [4.78, 5) is 12.2. The van der Waals surface area contributed by atoms with Crippen molar-refractivity contribution in [1.82, 2.24) is 10.0 Å². The molecular weight excluding hydrogens is 350 g/mol. The van der Waals surface area contributed by atoms with Crippen molar-refractivity contribution >= 4 is 15.9 Å². The van der Waals surface area contributed by atoms with Crippen molar-refractivity contribution in [2.24, 2.45) is 5.73 Å². The lowest BCUT2D eigenvalue weighted by molar-refractivity contribution is 0.0952. The molecule has 2 atom stereocenters. The number of nitrogens with one attached hydrogen (secondary N) is 2. The van der Waals surface area contributed by atoms with Crippen LogP contribution in [-0.4, -0.2) is 26.9 Å². The summed E-state index contributed by atoms with van der Waals surface area (Å²) in [5.41, 5.74) is 6.81. The van der Waals surface area contributed by atoms with Gasteiger partial charge >= 0.3 is 0 Å². The minimum atomic E-state index is -3.75. The standard InChI is InChI=1S/C19H25N3O3S/c1-14(20)11-12-21-19(23)17-9-6-10-18(13-17)26(24,25)22-15(2)16-7-4-3-5-8-16/h3-10,13-15,22H,11-12,20H2,1-2H3,(H,21,23). The summed E-state index contributed by atoms with van der Waals surface area (Å²) in [5, 5.41) is 2.74. The molecule has 0 aliphatic carbocycles. The van der Waals surface area contributed by atoms with Crippen LogP contribution in [0.5, 0.6) is 0 Å². The van der Waals surface area contributed by atoms with E-state index in [0.29, 0.717) is 18.5 Å². The number of rotatable bonds is 8. The van der Waals surface area contributed by atoms with Crippen LogP contribution in [0.2, 0.25) is 0 Å². The highest BCUT2D eigenvalue weighted by atomic mass is 32.2. The number of carbonyl (C=O) groups is 1. The van der Waals surface area contributed by atoms with Crippen molar-refractivity contribution in [3.8, 4) is 0 Å². The summed E-state index contributed by atoms with van der Waals surface area (Å²) in [7, 11) is -3.75. The molecule has 0 heterocycles. The van der Waals surface area contributed by atoms with E-state index >= 15 is 0 Å². The van der Waals surface area contributed by atoms with Gasteiger partial charge in [0.2, 0.25) is 10.0 Å². The topological polar surface area (TPSA) is 101 Å². The molecule has 0 spiro atoms. The molecular formula is C19H25N3O3S. The Morgan fingerprint density at radius 3 is 2.42 bits per heavy atom. The normalized spacial score (nSPS) is 13.8. The Hall–Kier alpha value is -2.22. The van der Waals surface area contributed by atoms with Gasteiger partial charge in [-0.3, -0.25) is 4.79 Å². The third-order valence-corrected chi connectivity index (χ3v) is 5.46. The molecule has 4 N–H and O–H groups in total. The van der Waals surface area contributed by atoms with Gasteiger partial charge in [-0.1, -0.05) is 36.4 Å². The molecule has 0 aliphatic heterocycles. The van der Waals surface area contributed by atoms with Crippen LogP contribution in [0.3, 0.4) is 0 Å². The minimum Gasteiger partial charge on any atom is -0.352 e. The number of sulfonamides is 1. The highest BCUT2D eigenvalue weighted by Crippen LogP contribution is 2.17. The fourth-order valence-corrected chi connectivity index (χ4v) is 3.71. The van der Waals surface area contributed by atoms with Crippen LogP contribution in [0.15, 0.2) is 59.5 Å². The van der Waals surface area contributed by atoms with Crippen LogP contribution >= 0.6 is 0 Å². The van der Waals surface area contributed by atoms with E-state index < -0.39 is 10.0 Å². The van der Waals surface area contributed by atoms with Gasteiger partial charge in [-0.15, -0.1) is 0 Å². The van der Waals surface area contributed by atoms with Crippen molar-refractivity contribution in [3.63, 3.8) is 0 Å². The number of nitrogens with two attached hydrogens (primary N) is 1. The van der Waals surface area contributed by atoms with E-state index in [9.17, 15) is 13.2 Å². The quantitative estimate of drug-likeness (QED) is 0.658. The van der Waals surface area contributed by atoms with Gasteiger partial charge in [-0.05, 0) is 44.0 Å². The van der Waals surface area contributed by atoms with Gasteiger partial charge in [0, 0.05) is 24.2 Å². The summed E-state index contributed by atoms with van der Waals surface area (Å²) in [5.74, 6) is -0.321. The second kappa shape index (κ2) is 8.93. The Kier molecular flexibility index (Phi) is 6.90. The van der Waals surface area contributed by atoms with Gasteiger partial charge in [-0.2, -0.15) is 0 Å². The fraction of sp³-hybridized carbons (Fsp3) is 0.316. The molecule has 2 rings (SSSR count). The maximum absolute atomic E-state index is 12.6. The molecule has 2 aromatic carbocycles. The van der Waals surface area contributed by atoms with Crippen LogP contribution in [0.4, 0.5) is 0 Å². The zero-order valence-corrected chi connectivity index (χ0v) is 15.8. The Morgan fingerprint density at radius 1 is 1.08 bits per heavy atom. The molecule has 0 saturated heterocycles. The lowest BCUT2D eigenvalue weighted by Crippen LogP contribution is -2.29. The highest BCUT2D eigenvalue weighted by molar-refractivity contribution is 7.89. The molecule has 26 heavy (non-hydrogen) atoms. The van der Waals surface area contributed by atoms with Crippen LogP contribution in [0.1, 0.15) is 42.2 Å². The third-order valence-electron chi connectivity index (χ3n) is 3.92. The average molecular weight is 375 g/mol. The van der Waals surface area contributed by atoms with Gasteiger partial charge < -0.3 is 11.1 Å². The van der Waals surface area contributed by atoms with Crippen molar-refractivity contribution in [2.45, 2.75) is 37.2 Å². The number of amides is 1. The first-order valence-corrected chi connectivity index (χ1v) is 9.99. The van der Waals surface area contributed by atoms with Crippen LogP contribution < -0.4 is 15.8 Å². The van der Waals surface area contributed by atoms with Crippen molar-refractivity contribution < 1.29 is 13.2 Å². The lowest BCUT2D eigenvalue weighted by Gasteiger charge is -2.15. The average Bonchev–Trinajstić information content (AvgIpc) is 2.62. The predicted molar refractivity (Wildman–Crippen MR) is 102 cm³/mol. The van der Waals surface area contributed by atoms with Gasteiger partial charge in [0.25, 0.3) is 5.91 Å². The second-order valence-corrected chi connectivity index (χ2v) is 8.02. The second-order valence-electron chi connectivity index (χ2n) is 6.30. The molecule has 7 heteroatoms. The third kappa shape index (κ3) is 5.66. The van der Waals surface area contributed by atoms with Gasteiger partial charge in [-0.25, -0.2) is 13.1 Å². The molecule has 6 nitrogen and oxygen atoms in total.